The molecule has 1 aliphatic rings. The van der Waals surface area contributed by atoms with Crippen molar-refractivity contribution < 1.29 is 13.9 Å². The van der Waals surface area contributed by atoms with Gasteiger partial charge in [-0.1, -0.05) is 6.07 Å². The van der Waals surface area contributed by atoms with Crippen LogP contribution >= 0.6 is 0 Å². The predicted octanol–water partition coefficient (Wildman–Crippen LogP) is 4.97. The number of ether oxygens (including phenoxy) is 1. The number of nitrogens with one attached hydrogen (secondary N) is 1. The van der Waals surface area contributed by atoms with Crippen molar-refractivity contribution in [2.45, 2.75) is 32.2 Å². The number of Topliss-reactive ketones (excluding diaryl/α,β-unsaturated/α-hetero) is 1. The second-order valence-electron chi connectivity index (χ2n) is 9.91. The molecule has 1 atom stereocenters. The summed E-state index contributed by atoms with van der Waals surface area (Å²) in [6.07, 6.45) is 7.92. The molecule has 1 saturated heterocycles. The average molecular weight is 539 g/mol. The Hall–Kier alpha value is -4.77. The van der Waals surface area contributed by atoms with Gasteiger partial charge in [0, 0.05) is 29.6 Å². The summed E-state index contributed by atoms with van der Waals surface area (Å²) in [5.74, 6) is 0.421. The maximum absolute atomic E-state index is 14.7. The van der Waals surface area contributed by atoms with E-state index >= 15 is 0 Å². The van der Waals surface area contributed by atoms with E-state index in [0.717, 1.165) is 36.0 Å². The van der Waals surface area contributed by atoms with Gasteiger partial charge >= 0.3 is 0 Å². The SMILES string of the molecule is Cc1cc(Nc2ncnc3ccc(CC(=O)/C(F)=C/C4CCCN4C)cc23)ccc1Oc1cc2nncn2cn1. The van der Waals surface area contributed by atoms with Gasteiger partial charge in [-0.2, -0.15) is 0 Å². The molecule has 1 fully saturated rings. The van der Waals surface area contributed by atoms with E-state index in [1.165, 1.54) is 12.4 Å². The fourth-order valence-corrected chi connectivity index (χ4v) is 4.85. The number of aryl methyl sites for hydroxylation is 1. The largest absolute Gasteiger partial charge is 0.439 e. The van der Waals surface area contributed by atoms with Gasteiger partial charge in [0.25, 0.3) is 0 Å². The lowest BCUT2D eigenvalue weighted by Crippen LogP contribution is -2.23. The van der Waals surface area contributed by atoms with E-state index < -0.39 is 11.6 Å². The van der Waals surface area contributed by atoms with E-state index in [9.17, 15) is 9.18 Å². The fourth-order valence-electron chi connectivity index (χ4n) is 4.85. The Labute approximate surface area is 229 Å². The van der Waals surface area contributed by atoms with Crippen LogP contribution in [0.5, 0.6) is 11.6 Å². The summed E-state index contributed by atoms with van der Waals surface area (Å²) in [7, 11) is 1.95. The van der Waals surface area contributed by atoms with Gasteiger partial charge in [0.15, 0.2) is 17.3 Å². The number of carbonyl (C=O) groups is 1. The number of allylic oxidation sites excluding steroid dienone is 1. The number of fused-ring (bicyclic) bond motifs is 2. The molecule has 40 heavy (non-hydrogen) atoms. The van der Waals surface area contributed by atoms with Gasteiger partial charge in [0.1, 0.15) is 30.5 Å². The Kier molecular flexibility index (Phi) is 6.87. The summed E-state index contributed by atoms with van der Waals surface area (Å²) >= 11 is 0. The van der Waals surface area contributed by atoms with Crippen LogP contribution < -0.4 is 10.1 Å². The van der Waals surface area contributed by atoms with Crippen molar-refractivity contribution in [2.75, 3.05) is 18.9 Å². The van der Waals surface area contributed by atoms with Crippen LogP contribution in [0.15, 0.2) is 73.3 Å². The van der Waals surface area contributed by atoms with Crippen LogP contribution in [0, 0.1) is 6.92 Å². The zero-order chi connectivity index (χ0) is 27.6. The van der Waals surface area contributed by atoms with E-state index in [2.05, 4.69) is 35.4 Å². The minimum atomic E-state index is -0.684. The number of halogens is 1. The first-order valence-electron chi connectivity index (χ1n) is 13.0. The summed E-state index contributed by atoms with van der Waals surface area (Å²) in [4.78, 5) is 27.8. The Bertz CT molecular complexity index is 1750. The Balaban J connectivity index is 1.19. The van der Waals surface area contributed by atoms with E-state index in [1.54, 1.807) is 29.2 Å². The van der Waals surface area contributed by atoms with E-state index in [4.69, 9.17) is 4.74 Å². The summed E-state index contributed by atoms with van der Waals surface area (Å²) in [5, 5.41) is 11.9. The Morgan fingerprint density at radius 2 is 2.05 bits per heavy atom. The predicted molar refractivity (Wildman–Crippen MR) is 148 cm³/mol. The number of aromatic nitrogens is 6. The lowest BCUT2D eigenvalue weighted by molar-refractivity contribution is -0.116. The molecule has 3 aromatic heterocycles. The molecule has 0 bridgehead atoms. The van der Waals surface area contributed by atoms with Gasteiger partial charge in [0.05, 0.1) is 5.52 Å². The first kappa shape index (κ1) is 25.5. The van der Waals surface area contributed by atoms with E-state index in [1.807, 2.05) is 44.3 Å². The second kappa shape index (κ2) is 10.8. The van der Waals surface area contributed by atoms with Crippen LogP contribution in [0.1, 0.15) is 24.0 Å². The highest BCUT2D eigenvalue weighted by Gasteiger charge is 2.21. The molecule has 202 valence electrons. The molecule has 0 radical (unpaired) electrons. The van der Waals surface area contributed by atoms with Crippen molar-refractivity contribution >= 4 is 33.8 Å². The van der Waals surface area contributed by atoms with Gasteiger partial charge in [-0.25, -0.2) is 19.3 Å². The highest BCUT2D eigenvalue weighted by atomic mass is 19.1. The van der Waals surface area contributed by atoms with Crippen molar-refractivity contribution in [3.63, 3.8) is 0 Å². The third-order valence-corrected chi connectivity index (χ3v) is 7.06. The Morgan fingerprint density at radius 3 is 2.88 bits per heavy atom. The van der Waals surface area contributed by atoms with E-state index in [-0.39, 0.29) is 12.5 Å². The third-order valence-electron chi connectivity index (χ3n) is 7.06. The number of likely N-dealkylation sites (tertiary alicyclic amines) is 1. The zero-order valence-electron chi connectivity index (χ0n) is 22.1. The molecule has 11 heteroatoms. The van der Waals surface area contributed by atoms with Crippen molar-refractivity contribution in [1.82, 2.24) is 34.4 Å². The number of likely N-dealkylation sites (N-methyl/N-ethyl adjacent to an activating group) is 1. The molecule has 1 aliphatic heterocycles. The third kappa shape index (κ3) is 5.36. The first-order valence-corrected chi connectivity index (χ1v) is 13.0. The minimum absolute atomic E-state index is 0.0289. The number of carbonyl (C=O) groups excluding carboxylic acids is 1. The van der Waals surface area contributed by atoms with Crippen molar-refractivity contribution in [3.05, 3.63) is 84.5 Å². The van der Waals surface area contributed by atoms with Crippen LogP contribution in [-0.4, -0.2) is 59.9 Å². The molecule has 1 N–H and O–H groups in total. The van der Waals surface area contributed by atoms with Crippen LogP contribution in [0.2, 0.25) is 0 Å². The normalized spacial score (nSPS) is 16.1. The molecule has 0 amide bonds. The number of hydrogen-bond acceptors (Lipinski definition) is 9. The van der Waals surface area contributed by atoms with Gasteiger partial charge in [-0.3, -0.25) is 14.1 Å². The molecule has 0 aliphatic carbocycles. The number of ketones is 1. The lowest BCUT2D eigenvalue weighted by atomic mass is 10.0. The summed E-state index contributed by atoms with van der Waals surface area (Å²) < 4.78 is 22.3. The van der Waals surface area contributed by atoms with Crippen LogP contribution in [0.3, 0.4) is 0 Å². The summed E-state index contributed by atoms with van der Waals surface area (Å²) in [5.41, 5.74) is 3.72. The molecule has 4 heterocycles. The quantitative estimate of drug-likeness (QED) is 0.274. The van der Waals surface area contributed by atoms with E-state index in [0.29, 0.717) is 34.2 Å². The maximum atomic E-state index is 14.7. The molecular weight excluding hydrogens is 511 g/mol. The number of nitrogens with zero attached hydrogens (tertiary/aromatic N) is 7. The summed E-state index contributed by atoms with van der Waals surface area (Å²) in [6, 6.07) is 12.8. The number of hydrogen-bond donors (Lipinski definition) is 1. The van der Waals surface area contributed by atoms with Crippen molar-refractivity contribution in [2.24, 2.45) is 0 Å². The van der Waals surface area contributed by atoms with Gasteiger partial charge < -0.3 is 10.1 Å². The number of anilines is 2. The fraction of sp³-hybridized carbons (Fsp3) is 0.241. The number of benzene rings is 2. The summed E-state index contributed by atoms with van der Waals surface area (Å²) in [6.45, 7) is 2.85. The molecule has 1 unspecified atom stereocenters. The van der Waals surface area contributed by atoms with Gasteiger partial charge in [-0.05, 0) is 80.9 Å². The Morgan fingerprint density at radius 1 is 1.15 bits per heavy atom. The maximum Gasteiger partial charge on any atom is 0.224 e. The monoisotopic (exact) mass is 538 g/mol. The molecule has 6 rings (SSSR count). The average Bonchev–Trinajstić information content (AvgIpc) is 3.58. The molecule has 2 aromatic carbocycles. The first-order chi connectivity index (χ1) is 19.4. The molecule has 10 nitrogen and oxygen atoms in total. The molecular formula is C29H27FN8O2. The van der Waals surface area contributed by atoms with Crippen LogP contribution in [0.25, 0.3) is 16.6 Å². The van der Waals surface area contributed by atoms with Crippen LogP contribution in [-0.2, 0) is 11.2 Å². The highest BCUT2D eigenvalue weighted by molar-refractivity contribution is 5.96. The van der Waals surface area contributed by atoms with Crippen molar-refractivity contribution in [3.8, 4) is 11.6 Å². The van der Waals surface area contributed by atoms with Crippen molar-refractivity contribution in [1.29, 1.82) is 0 Å². The highest BCUT2D eigenvalue weighted by Crippen LogP contribution is 2.30. The van der Waals surface area contributed by atoms with Crippen LogP contribution in [0.4, 0.5) is 15.9 Å². The van der Waals surface area contributed by atoms with Gasteiger partial charge in [0.2, 0.25) is 5.88 Å². The number of rotatable bonds is 8. The molecule has 0 spiro atoms. The van der Waals surface area contributed by atoms with Gasteiger partial charge in [-0.15, -0.1) is 10.2 Å². The zero-order valence-corrected chi connectivity index (χ0v) is 22.1. The minimum Gasteiger partial charge on any atom is -0.439 e. The molecule has 0 saturated carbocycles. The smallest absolute Gasteiger partial charge is 0.224 e. The second-order valence-corrected chi connectivity index (χ2v) is 9.91. The standard InChI is InChI=1S/C29H27FN8O2/c1-18-10-20(6-8-26(18)40-28-14-27-36-34-17-38(27)16-33-28)35-29-22-11-19(5-7-24(22)31-15-32-29)12-25(39)23(30)13-21-4-3-9-37(21)2/h5-8,10-11,13-17,21H,3-4,9,12H2,1-2H3,(H,31,32,35)/b23-13-. The molecule has 5 aromatic rings. The topological polar surface area (TPSA) is 110 Å². The lowest BCUT2D eigenvalue weighted by Gasteiger charge is -2.15.